The Hall–Kier alpha value is -3.86. The van der Waals surface area contributed by atoms with Crippen LogP contribution in [0.4, 0.5) is 0 Å². The molecule has 5 nitrogen and oxygen atoms in total. The monoisotopic (exact) mass is 385 g/mol. The highest BCUT2D eigenvalue weighted by molar-refractivity contribution is 5.94. The van der Waals surface area contributed by atoms with Crippen molar-refractivity contribution in [1.82, 2.24) is 4.57 Å². The zero-order chi connectivity index (χ0) is 20.2. The van der Waals surface area contributed by atoms with E-state index < -0.39 is 5.97 Å². The number of carbonyl (C=O) groups is 2. The molecule has 0 radical (unpaired) electrons. The molecule has 0 aliphatic rings. The maximum atomic E-state index is 12.5. The lowest BCUT2D eigenvalue weighted by Crippen LogP contribution is -2.17. The van der Waals surface area contributed by atoms with Gasteiger partial charge < -0.3 is 14.4 Å². The molecule has 0 unspecified atom stereocenters. The van der Waals surface area contributed by atoms with Crippen molar-refractivity contribution >= 4 is 22.7 Å². The largest absolute Gasteiger partial charge is 0.485 e. The average molecular weight is 385 g/mol. The van der Waals surface area contributed by atoms with Crippen molar-refractivity contribution in [3.05, 3.63) is 90.6 Å². The summed E-state index contributed by atoms with van der Waals surface area (Å²) < 4.78 is 7.63. The number of hydrogen-bond acceptors (Lipinski definition) is 3. The summed E-state index contributed by atoms with van der Waals surface area (Å²) >= 11 is 0. The molecule has 0 saturated heterocycles. The van der Waals surface area contributed by atoms with Gasteiger partial charge in [0.15, 0.2) is 5.78 Å². The minimum atomic E-state index is -0.971. The number of aromatic carboxylic acids is 1. The first kappa shape index (κ1) is 18.5. The predicted octanol–water partition coefficient (Wildman–Crippen LogP) is 4.65. The van der Waals surface area contributed by atoms with Gasteiger partial charge in [0.05, 0.1) is 12.1 Å². The Bertz CT molecular complexity index is 1180. The molecule has 1 N–H and O–H groups in total. The topological polar surface area (TPSA) is 68.5 Å². The highest BCUT2D eigenvalue weighted by Gasteiger charge is 2.11. The van der Waals surface area contributed by atoms with Gasteiger partial charge in [0.2, 0.25) is 0 Å². The van der Waals surface area contributed by atoms with Crippen molar-refractivity contribution < 1.29 is 19.4 Å². The van der Waals surface area contributed by atoms with Crippen LogP contribution in [-0.2, 0) is 11.3 Å². The molecule has 1 heterocycles. The quantitative estimate of drug-likeness (QED) is 0.503. The van der Waals surface area contributed by atoms with Gasteiger partial charge in [-0.3, -0.25) is 4.79 Å². The van der Waals surface area contributed by atoms with E-state index in [4.69, 9.17) is 9.84 Å². The number of carboxylic acid groups (broad SMARTS) is 1. The number of benzene rings is 3. The molecule has 0 aliphatic carbocycles. The number of fused-ring (bicyclic) bond motifs is 1. The number of aromatic nitrogens is 1. The van der Waals surface area contributed by atoms with E-state index in [0.29, 0.717) is 5.75 Å². The van der Waals surface area contributed by atoms with Crippen LogP contribution in [0.25, 0.3) is 22.0 Å². The molecule has 0 aliphatic heterocycles. The fourth-order valence-corrected chi connectivity index (χ4v) is 3.31. The summed E-state index contributed by atoms with van der Waals surface area (Å²) in [4.78, 5) is 23.6. The summed E-state index contributed by atoms with van der Waals surface area (Å²) in [5.41, 5.74) is 3.00. The van der Waals surface area contributed by atoms with Gasteiger partial charge in [0.25, 0.3) is 0 Å². The van der Waals surface area contributed by atoms with Gasteiger partial charge in [-0.25, -0.2) is 4.79 Å². The number of para-hydroxylation sites is 1. The molecule has 4 aromatic rings. The Labute approximate surface area is 167 Å². The lowest BCUT2D eigenvalue weighted by Gasteiger charge is -2.12. The third-order valence-electron chi connectivity index (χ3n) is 4.73. The van der Waals surface area contributed by atoms with Gasteiger partial charge in [-0.2, -0.15) is 0 Å². The molecule has 3 aromatic carbocycles. The summed E-state index contributed by atoms with van der Waals surface area (Å²) in [6.07, 6.45) is 1.78. The molecule has 0 amide bonds. The highest BCUT2D eigenvalue weighted by atomic mass is 16.5. The smallest absolute Gasteiger partial charge is 0.335 e. The standard InChI is InChI=1S/C24H19NO4/c26-20(15-25-13-12-18-14-19(24(27)28)10-11-22(18)25)16-29-23-9-5-4-8-21(23)17-6-2-1-3-7-17/h1-14H,15-16H2,(H,27,28). The number of ether oxygens (including phenoxy) is 1. The van der Waals surface area contributed by atoms with Crippen LogP contribution in [-0.4, -0.2) is 28.0 Å². The summed E-state index contributed by atoms with van der Waals surface area (Å²) in [6.45, 7) is 0.111. The van der Waals surface area contributed by atoms with Crippen molar-refractivity contribution in [2.75, 3.05) is 6.61 Å². The SMILES string of the molecule is O=C(COc1ccccc1-c1ccccc1)Cn1ccc2cc(C(=O)O)ccc21. The minimum Gasteiger partial charge on any atom is -0.485 e. The Kier molecular flexibility index (Phi) is 5.12. The average Bonchev–Trinajstić information content (AvgIpc) is 3.15. The molecule has 0 saturated carbocycles. The van der Waals surface area contributed by atoms with Crippen LogP contribution >= 0.6 is 0 Å². The Morgan fingerprint density at radius 3 is 2.45 bits per heavy atom. The fourth-order valence-electron chi connectivity index (χ4n) is 3.31. The van der Waals surface area contributed by atoms with Crippen LogP contribution in [0.15, 0.2) is 85.1 Å². The zero-order valence-electron chi connectivity index (χ0n) is 15.6. The van der Waals surface area contributed by atoms with E-state index in [-0.39, 0.29) is 24.5 Å². The van der Waals surface area contributed by atoms with Crippen molar-refractivity contribution in [2.45, 2.75) is 6.54 Å². The number of Topliss-reactive ketones (excluding diaryl/α,β-unsaturated/α-hetero) is 1. The Balaban J connectivity index is 1.47. The normalized spacial score (nSPS) is 10.8. The molecular formula is C24H19NO4. The van der Waals surface area contributed by atoms with Crippen LogP contribution in [0.3, 0.4) is 0 Å². The van der Waals surface area contributed by atoms with E-state index in [1.165, 1.54) is 6.07 Å². The van der Waals surface area contributed by atoms with Crippen LogP contribution in [0, 0.1) is 0 Å². The van der Waals surface area contributed by atoms with Crippen LogP contribution in [0.2, 0.25) is 0 Å². The first-order chi connectivity index (χ1) is 14.1. The van der Waals surface area contributed by atoms with Gasteiger partial charge in [0, 0.05) is 22.7 Å². The molecule has 1 aromatic heterocycles. The van der Waals surface area contributed by atoms with E-state index in [1.54, 1.807) is 29.0 Å². The third-order valence-corrected chi connectivity index (χ3v) is 4.73. The maximum Gasteiger partial charge on any atom is 0.335 e. The number of nitrogens with zero attached hydrogens (tertiary/aromatic N) is 1. The highest BCUT2D eigenvalue weighted by Crippen LogP contribution is 2.29. The van der Waals surface area contributed by atoms with Crippen molar-refractivity contribution in [3.8, 4) is 16.9 Å². The van der Waals surface area contributed by atoms with Crippen molar-refractivity contribution in [3.63, 3.8) is 0 Å². The zero-order valence-corrected chi connectivity index (χ0v) is 15.6. The Morgan fingerprint density at radius 1 is 0.897 bits per heavy atom. The van der Waals surface area contributed by atoms with E-state index in [9.17, 15) is 9.59 Å². The van der Waals surface area contributed by atoms with Crippen LogP contribution in [0.5, 0.6) is 5.75 Å². The number of ketones is 1. The van der Waals surface area contributed by atoms with E-state index in [1.807, 2.05) is 54.6 Å². The maximum absolute atomic E-state index is 12.5. The molecule has 0 fully saturated rings. The number of hydrogen-bond donors (Lipinski definition) is 1. The molecule has 0 spiro atoms. The van der Waals surface area contributed by atoms with Crippen LogP contribution < -0.4 is 4.74 Å². The molecule has 0 bridgehead atoms. The summed E-state index contributed by atoms with van der Waals surface area (Å²) in [5, 5.41) is 9.89. The molecule has 0 atom stereocenters. The number of rotatable bonds is 7. The number of carbonyl (C=O) groups excluding carboxylic acids is 1. The lowest BCUT2D eigenvalue weighted by atomic mass is 10.1. The first-order valence-corrected chi connectivity index (χ1v) is 9.23. The molecular weight excluding hydrogens is 366 g/mol. The lowest BCUT2D eigenvalue weighted by molar-refractivity contribution is -0.121. The molecule has 144 valence electrons. The third kappa shape index (κ3) is 4.04. The van der Waals surface area contributed by atoms with E-state index >= 15 is 0 Å². The van der Waals surface area contributed by atoms with Crippen LogP contribution in [0.1, 0.15) is 10.4 Å². The van der Waals surface area contributed by atoms with Crippen molar-refractivity contribution in [2.24, 2.45) is 0 Å². The second kappa shape index (κ2) is 8.02. The summed E-state index contributed by atoms with van der Waals surface area (Å²) in [7, 11) is 0. The predicted molar refractivity (Wildman–Crippen MR) is 111 cm³/mol. The molecule has 29 heavy (non-hydrogen) atoms. The fraction of sp³-hybridized carbons (Fsp3) is 0.0833. The summed E-state index contributed by atoms with van der Waals surface area (Å²) in [6, 6.07) is 24.2. The first-order valence-electron chi connectivity index (χ1n) is 9.23. The summed E-state index contributed by atoms with van der Waals surface area (Å²) in [5.74, 6) is -0.385. The Morgan fingerprint density at radius 2 is 1.66 bits per heavy atom. The van der Waals surface area contributed by atoms with Gasteiger partial charge in [0.1, 0.15) is 12.4 Å². The van der Waals surface area contributed by atoms with Gasteiger partial charge in [-0.15, -0.1) is 0 Å². The van der Waals surface area contributed by atoms with Gasteiger partial charge >= 0.3 is 5.97 Å². The van der Waals surface area contributed by atoms with Gasteiger partial charge in [-0.1, -0.05) is 48.5 Å². The molecule has 5 heteroatoms. The number of carboxylic acids is 1. The second-order valence-electron chi connectivity index (χ2n) is 6.71. The van der Waals surface area contributed by atoms with Gasteiger partial charge in [-0.05, 0) is 35.9 Å². The van der Waals surface area contributed by atoms with Crippen molar-refractivity contribution in [1.29, 1.82) is 0 Å². The van der Waals surface area contributed by atoms with E-state index in [2.05, 4.69) is 0 Å². The second-order valence-corrected chi connectivity index (χ2v) is 6.71. The minimum absolute atomic E-state index is 0.0449. The van der Waals surface area contributed by atoms with E-state index in [0.717, 1.165) is 22.0 Å². The molecule has 4 rings (SSSR count).